The van der Waals surface area contributed by atoms with E-state index in [0.717, 1.165) is 11.0 Å². The van der Waals surface area contributed by atoms with Crippen LogP contribution in [0.4, 0.5) is 5.95 Å². The Morgan fingerprint density at radius 3 is 2.71 bits per heavy atom. The van der Waals surface area contributed by atoms with Crippen molar-refractivity contribution in [2.45, 2.75) is 26.3 Å². The van der Waals surface area contributed by atoms with Crippen molar-refractivity contribution < 1.29 is 9.59 Å². The summed E-state index contributed by atoms with van der Waals surface area (Å²) < 4.78 is 2.51. The van der Waals surface area contributed by atoms with E-state index >= 15 is 0 Å². The van der Waals surface area contributed by atoms with Crippen LogP contribution in [0.5, 0.6) is 0 Å². The molecule has 0 unspecified atom stereocenters. The minimum atomic E-state index is -0.226. The summed E-state index contributed by atoms with van der Waals surface area (Å²) in [6.45, 7) is 2.69. The van der Waals surface area contributed by atoms with Crippen LogP contribution in [-0.2, 0) is 11.3 Å². The zero-order valence-electron chi connectivity index (χ0n) is 13.1. The first-order valence-electron chi connectivity index (χ1n) is 7.62. The fraction of sp³-hybridized carbons (Fsp3) is 0.235. The maximum atomic E-state index is 12.2. The van der Waals surface area contributed by atoms with Gasteiger partial charge in [-0.2, -0.15) is 0 Å². The minimum Gasteiger partial charge on any atom is -0.310 e. The monoisotopic (exact) mass is 361 g/mol. The van der Waals surface area contributed by atoms with Gasteiger partial charge in [0.05, 0.1) is 20.2 Å². The van der Waals surface area contributed by atoms with Gasteiger partial charge >= 0.3 is 0 Å². The number of carbonyl (C=O) groups is 2. The van der Waals surface area contributed by atoms with E-state index in [9.17, 15) is 9.59 Å². The molecule has 0 aliphatic rings. The third-order valence-electron chi connectivity index (χ3n) is 3.65. The molecule has 1 amide bonds. The van der Waals surface area contributed by atoms with E-state index in [0.29, 0.717) is 21.7 Å². The molecular formula is C17H16ClN3O2S. The number of nitrogens with one attached hydrogen (secondary N) is 1. The number of imidazole rings is 1. The lowest BCUT2D eigenvalue weighted by Crippen LogP contribution is -2.16. The van der Waals surface area contributed by atoms with Crippen LogP contribution < -0.4 is 5.32 Å². The number of aryl methyl sites for hydroxylation is 1. The van der Waals surface area contributed by atoms with Gasteiger partial charge in [-0.05, 0) is 31.2 Å². The number of ketones is 1. The Hall–Kier alpha value is -2.18. The highest BCUT2D eigenvalue weighted by Gasteiger charge is 2.14. The highest BCUT2D eigenvalue weighted by molar-refractivity contribution is 7.18. The van der Waals surface area contributed by atoms with E-state index in [4.69, 9.17) is 11.6 Å². The third-order valence-corrected chi connectivity index (χ3v) is 4.92. The number of hydrogen-bond acceptors (Lipinski definition) is 4. The highest BCUT2D eigenvalue weighted by atomic mass is 35.5. The van der Waals surface area contributed by atoms with Gasteiger partial charge in [0, 0.05) is 19.4 Å². The first kappa shape index (κ1) is 16.7. The molecule has 0 aliphatic heterocycles. The van der Waals surface area contributed by atoms with Crippen molar-refractivity contribution in [2.75, 3.05) is 5.32 Å². The second-order valence-corrected chi connectivity index (χ2v) is 6.96. The number of para-hydroxylation sites is 2. The Kier molecular flexibility index (Phi) is 4.97. The molecule has 3 rings (SSSR count). The Bertz CT molecular complexity index is 900. The van der Waals surface area contributed by atoms with Crippen LogP contribution in [-0.4, -0.2) is 21.2 Å². The molecule has 7 heteroatoms. The summed E-state index contributed by atoms with van der Waals surface area (Å²) in [5.74, 6) is 0.206. The van der Waals surface area contributed by atoms with Crippen molar-refractivity contribution in [3.05, 3.63) is 45.6 Å². The number of Topliss-reactive ketones (excluding diaryl/α,β-unsaturated/α-hetero) is 1. The van der Waals surface area contributed by atoms with Crippen LogP contribution in [0.3, 0.4) is 0 Å². The molecule has 0 saturated carbocycles. The molecule has 0 fully saturated rings. The Labute approximate surface area is 148 Å². The SMILES string of the molecule is CCn1c(NC(=O)CCC(=O)c2ccc(Cl)s2)nc2ccccc21. The third kappa shape index (κ3) is 3.49. The number of halogens is 1. The lowest BCUT2D eigenvalue weighted by Gasteiger charge is -2.07. The molecule has 0 aliphatic carbocycles. The van der Waals surface area contributed by atoms with Crippen LogP contribution in [0, 0.1) is 0 Å². The topological polar surface area (TPSA) is 64.0 Å². The predicted molar refractivity (Wildman–Crippen MR) is 96.9 cm³/mol. The Morgan fingerprint density at radius 1 is 1.21 bits per heavy atom. The standard InChI is InChI=1S/C17H16ClN3O2S/c1-2-21-12-6-4-3-5-11(12)19-17(21)20-16(23)10-7-13(22)14-8-9-15(18)24-14/h3-6,8-9H,2,7,10H2,1H3,(H,19,20,23). The molecule has 3 aromatic rings. The van der Waals surface area contributed by atoms with Crippen LogP contribution in [0.25, 0.3) is 11.0 Å². The number of thiophene rings is 1. The molecule has 0 atom stereocenters. The molecule has 5 nitrogen and oxygen atoms in total. The van der Waals surface area contributed by atoms with Crippen LogP contribution in [0.2, 0.25) is 4.34 Å². The molecule has 1 aromatic carbocycles. The van der Waals surface area contributed by atoms with Crippen LogP contribution in [0.15, 0.2) is 36.4 Å². The average Bonchev–Trinajstić information content (AvgIpc) is 3.15. The molecule has 124 valence electrons. The number of rotatable bonds is 6. The molecule has 0 saturated heterocycles. The number of benzene rings is 1. The van der Waals surface area contributed by atoms with E-state index in [1.54, 1.807) is 12.1 Å². The number of amides is 1. The number of anilines is 1. The fourth-order valence-corrected chi connectivity index (χ4v) is 3.50. The van der Waals surface area contributed by atoms with E-state index in [2.05, 4.69) is 10.3 Å². The van der Waals surface area contributed by atoms with Gasteiger partial charge in [-0.3, -0.25) is 14.9 Å². The quantitative estimate of drug-likeness (QED) is 0.663. The van der Waals surface area contributed by atoms with Crippen molar-refractivity contribution >= 4 is 51.6 Å². The van der Waals surface area contributed by atoms with E-state index in [-0.39, 0.29) is 24.5 Å². The maximum Gasteiger partial charge on any atom is 0.227 e. The predicted octanol–water partition coefficient (Wildman–Crippen LogP) is 4.37. The lowest BCUT2D eigenvalue weighted by atomic mass is 10.2. The normalized spacial score (nSPS) is 10.9. The van der Waals surface area contributed by atoms with Gasteiger partial charge in [0.1, 0.15) is 0 Å². The summed E-state index contributed by atoms with van der Waals surface area (Å²) in [6.07, 6.45) is 0.260. The summed E-state index contributed by atoms with van der Waals surface area (Å²) in [6, 6.07) is 11.1. The summed E-state index contributed by atoms with van der Waals surface area (Å²) in [4.78, 5) is 29.2. The fourth-order valence-electron chi connectivity index (χ4n) is 2.49. The number of nitrogens with zero attached hydrogens (tertiary/aromatic N) is 2. The van der Waals surface area contributed by atoms with Crippen LogP contribution in [0.1, 0.15) is 29.4 Å². The zero-order valence-corrected chi connectivity index (χ0v) is 14.7. The first-order chi connectivity index (χ1) is 11.6. The Balaban J connectivity index is 1.66. The number of fused-ring (bicyclic) bond motifs is 1. The molecule has 2 heterocycles. The van der Waals surface area contributed by atoms with Crippen molar-refractivity contribution in [2.24, 2.45) is 0 Å². The molecule has 0 spiro atoms. The zero-order chi connectivity index (χ0) is 17.1. The Morgan fingerprint density at radius 2 is 2.00 bits per heavy atom. The van der Waals surface area contributed by atoms with Gasteiger partial charge < -0.3 is 4.57 Å². The van der Waals surface area contributed by atoms with Gasteiger partial charge in [0.2, 0.25) is 11.9 Å². The maximum absolute atomic E-state index is 12.2. The van der Waals surface area contributed by atoms with Crippen molar-refractivity contribution in [1.29, 1.82) is 0 Å². The highest BCUT2D eigenvalue weighted by Crippen LogP contribution is 2.23. The van der Waals surface area contributed by atoms with Gasteiger partial charge in [-0.15, -0.1) is 11.3 Å². The number of hydrogen-bond donors (Lipinski definition) is 1. The van der Waals surface area contributed by atoms with Gasteiger partial charge in [0.25, 0.3) is 0 Å². The van der Waals surface area contributed by atoms with Gasteiger partial charge in [0.15, 0.2) is 5.78 Å². The first-order valence-corrected chi connectivity index (χ1v) is 8.81. The van der Waals surface area contributed by atoms with Crippen molar-refractivity contribution in [3.63, 3.8) is 0 Å². The molecular weight excluding hydrogens is 346 g/mol. The summed E-state index contributed by atoms with van der Waals surface area (Å²) in [5.41, 5.74) is 1.80. The second-order valence-electron chi connectivity index (χ2n) is 5.24. The lowest BCUT2D eigenvalue weighted by molar-refractivity contribution is -0.116. The molecule has 0 radical (unpaired) electrons. The molecule has 24 heavy (non-hydrogen) atoms. The summed E-state index contributed by atoms with van der Waals surface area (Å²) >= 11 is 7.05. The van der Waals surface area contributed by atoms with Gasteiger partial charge in [-0.1, -0.05) is 23.7 Å². The largest absolute Gasteiger partial charge is 0.310 e. The minimum absolute atomic E-state index is 0.0777. The van der Waals surface area contributed by atoms with Crippen molar-refractivity contribution in [3.8, 4) is 0 Å². The number of aromatic nitrogens is 2. The van der Waals surface area contributed by atoms with Crippen LogP contribution >= 0.6 is 22.9 Å². The molecule has 2 aromatic heterocycles. The average molecular weight is 362 g/mol. The van der Waals surface area contributed by atoms with Gasteiger partial charge in [-0.25, -0.2) is 4.98 Å². The van der Waals surface area contributed by atoms with E-state index < -0.39 is 0 Å². The summed E-state index contributed by atoms with van der Waals surface area (Å²) in [5, 5.41) is 2.80. The molecule has 0 bridgehead atoms. The molecule has 1 N–H and O–H groups in total. The van der Waals surface area contributed by atoms with E-state index in [1.807, 2.05) is 35.8 Å². The smallest absolute Gasteiger partial charge is 0.227 e. The number of carbonyl (C=O) groups excluding carboxylic acids is 2. The summed E-state index contributed by atoms with van der Waals surface area (Å²) in [7, 11) is 0. The van der Waals surface area contributed by atoms with Crippen molar-refractivity contribution in [1.82, 2.24) is 9.55 Å². The van der Waals surface area contributed by atoms with E-state index in [1.165, 1.54) is 11.3 Å². The second kappa shape index (κ2) is 7.15.